The molecule has 0 atom stereocenters. The minimum atomic E-state index is -5.74. The van der Waals surface area contributed by atoms with Gasteiger partial charge < -0.3 is 19.8 Å². The summed E-state index contributed by atoms with van der Waals surface area (Å²) >= 11 is 0. The van der Waals surface area contributed by atoms with Gasteiger partial charge in [-0.05, 0) is 97.1 Å². The molecule has 0 spiro atoms. The number of nitrogens with one attached hydrogen (secondary N) is 2. The number of alkyl halides is 6. The lowest BCUT2D eigenvalue weighted by Crippen LogP contribution is -2.54. The van der Waals surface area contributed by atoms with E-state index in [-0.39, 0.29) is 0 Å². The summed E-state index contributed by atoms with van der Waals surface area (Å²) in [4.78, 5) is 8.33. The summed E-state index contributed by atoms with van der Waals surface area (Å²) in [5.41, 5.74) is -0.796. The standard InChI is InChI=1S/C37H32F6N6/c1-23-24(2)32(14-18-45-4)48(31(23)13-17-44-3)27-9-5-25(6-10-27)35(36(38,39)40,37(41,42)43)26-7-11-28(12-8-26)49-33-15-19-46-21-29(33)30-22-47-20-16-34(30)49/h5-22,44-45H,1-4H3/b17-13-,18-14-. The summed E-state index contributed by atoms with van der Waals surface area (Å²) in [6.45, 7) is 3.81. The van der Waals surface area contributed by atoms with E-state index in [2.05, 4.69) is 20.6 Å². The fourth-order valence-electron chi connectivity index (χ4n) is 6.54. The van der Waals surface area contributed by atoms with Gasteiger partial charge in [-0.1, -0.05) is 24.3 Å². The zero-order valence-corrected chi connectivity index (χ0v) is 26.9. The molecular formula is C37H32F6N6. The number of benzene rings is 2. The molecule has 0 saturated carbocycles. The molecule has 0 bridgehead atoms. The molecule has 2 aromatic carbocycles. The molecule has 6 aromatic rings. The van der Waals surface area contributed by atoms with Crippen LogP contribution in [0.1, 0.15) is 33.6 Å². The number of fused-ring (bicyclic) bond motifs is 3. The van der Waals surface area contributed by atoms with Crippen molar-refractivity contribution in [3.8, 4) is 11.4 Å². The van der Waals surface area contributed by atoms with Gasteiger partial charge in [-0.3, -0.25) is 9.97 Å². The lowest BCUT2D eigenvalue weighted by molar-refractivity contribution is -0.288. The quantitative estimate of drug-likeness (QED) is 0.159. The zero-order valence-electron chi connectivity index (χ0n) is 26.9. The maximum atomic E-state index is 15.1. The summed E-state index contributed by atoms with van der Waals surface area (Å²) in [6, 6.07) is 12.3. The Kier molecular flexibility index (Phi) is 8.51. The second-order valence-electron chi connectivity index (χ2n) is 11.6. The van der Waals surface area contributed by atoms with E-state index in [9.17, 15) is 0 Å². The van der Waals surface area contributed by atoms with E-state index in [1.807, 2.05) is 13.8 Å². The Balaban J connectivity index is 1.52. The summed E-state index contributed by atoms with van der Waals surface area (Å²) in [5.74, 6) is 0. The summed E-state index contributed by atoms with van der Waals surface area (Å²) < 4.78 is 94.4. The first kappa shape index (κ1) is 33.4. The van der Waals surface area contributed by atoms with Gasteiger partial charge >= 0.3 is 12.4 Å². The molecule has 0 saturated heterocycles. The van der Waals surface area contributed by atoms with Crippen molar-refractivity contribution in [2.75, 3.05) is 14.1 Å². The lowest BCUT2D eigenvalue weighted by atomic mass is 9.73. The minimum Gasteiger partial charge on any atom is -0.394 e. The SMILES string of the molecule is CN/C=C\c1c(C)c(C)c(/C=C\NC)n1-c1ccc(C(c2ccc(-n3c4ccncc4c4cnccc43)cc2)(C(F)(F)F)C(F)(F)F)cc1. The molecule has 49 heavy (non-hydrogen) atoms. The number of aromatic nitrogens is 4. The van der Waals surface area contributed by atoms with Crippen LogP contribution >= 0.6 is 0 Å². The predicted octanol–water partition coefficient (Wildman–Crippen LogP) is 8.77. The fraction of sp³-hybridized carbons (Fsp3) is 0.189. The van der Waals surface area contributed by atoms with Crippen molar-refractivity contribution in [2.24, 2.45) is 0 Å². The number of hydrogen-bond donors (Lipinski definition) is 2. The first-order valence-electron chi connectivity index (χ1n) is 15.3. The Morgan fingerprint density at radius 3 is 1.33 bits per heavy atom. The van der Waals surface area contributed by atoms with Gasteiger partial charge in [0.2, 0.25) is 5.41 Å². The molecule has 4 aromatic heterocycles. The highest BCUT2D eigenvalue weighted by Crippen LogP contribution is 2.56. The van der Waals surface area contributed by atoms with Crippen molar-refractivity contribution in [2.45, 2.75) is 31.6 Å². The topological polar surface area (TPSA) is 59.7 Å². The number of nitrogens with zero attached hydrogens (tertiary/aromatic N) is 4. The molecule has 2 N–H and O–H groups in total. The maximum absolute atomic E-state index is 15.1. The molecule has 0 fully saturated rings. The number of halogens is 6. The van der Waals surface area contributed by atoms with Crippen LogP contribution < -0.4 is 10.6 Å². The van der Waals surface area contributed by atoms with Gasteiger partial charge in [-0.25, -0.2) is 0 Å². The Labute approximate surface area is 278 Å². The van der Waals surface area contributed by atoms with Crippen LogP contribution in [0.4, 0.5) is 26.3 Å². The first-order chi connectivity index (χ1) is 23.4. The van der Waals surface area contributed by atoms with E-state index >= 15 is 26.3 Å². The van der Waals surface area contributed by atoms with Crippen LogP contribution in [0.3, 0.4) is 0 Å². The first-order valence-corrected chi connectivity index (χ1v) is 15.3. The monoisotopic (exact) mass is 674 g/mol. The van der Waals surface area contributed by atoms with Crippen LogP contribution in [0.5, 0.6) is 0 Å². The Morgan fingerprint density at radius 2 is 0.959 bits per heavy atom. The van der Waals surface area contributed by atoms with E-state index in [4.69, 9.17) is 0 Å². The third-order valence-electron chi connectivity index (χ3n) is 8.96. The van der Waals surface area contributed by atoms with E-state index in [0.717, 1.165) is 57.6 Å². The predicted molar refractivity (Wildman–Crippen MR) is 181 cm³/mol. The van der Waals surface area contributed by atoms with Crippen molar-refractivity contribution in [3.05, 3.63) is 131 Å². The Bertz CT molecular complexity index is 2080. The minimum absolute atomic E-state index is 0.386. The highest BCUT2D eigenvalue weighted by atomic mass is 19.4. The third kappa shape index (κ3) is 5.31. The van der Waals surface area contributed by atoms with E-state index < -0.39 is 28.9 Å². The molecule has 0 unspecified atom stereocenters. The maximum Gasteiger partial charge on any atom is 0.411 e. The average Bonchev–Trinajstić information content (AvgIpc) is 3.53. The summed E-state index contributed by atoms with van der Waals surface area (Å²) in [7, 11) is 3.45. The van der Waals surface area contributed by atoms with Crippen LogP contribution in [0.2, 0.25) is 0 Å². The number of rotatable bonds is 8. The van der Waals surface area contributed by atoms with Gasteiger partial charge in [0.05, 0.1) is 22.4 Å². The molecule has 4 heterocycles. The van der Waals surface area contributed by atoms with Crippen LogP contribution in [-0.4, -0.2) is 45.6 Å². The molecule has 0 aliphatic carbocycles. The summed E-state index contributed by atoms with van der Waals surface area (Å²) in [5, 5.41) is 7.34. The molecule has 252 valence electrons. The molecule has 12 heteroatoms. The van der Waals surface area contributed by atoms with Crippen LogP contribution in [0.15, 0.2) is 97.9 Å². The van der Waals surface area contributed by atoms with Gasteiger partial charge in [0, 0.05) is 61.0 Å². The molecule has 0 amide bonds. The highest BCUT2D eigenvalue weighted by Gasteiger charge is 2.72. The van der Waals surface area contributed by atoms with E-state index in [0.29, 0.717) is 22.4 Å². The molecule has 0 aliphatic rings. The molecule has 0 aliphatic heterocycles. The van der Waals surface area contributed by atoms with Crippen molar-refractivity contribution in [1.29, 1.82) is 0 Å². The van der Waals surface area contributed by atoms with Crippen LogP contribution in [0, 0.1) is 13.8 Å². The van der Waals surface area contributed by atoms with Gasteiger partial charge in [0.15, 0.2) is 0 Å². The van der Waals surface area contributed by atoms with Crippen molar-refractivity contribution >= 4 is 34.0 Å². The summed E-state index contributed by atoms with van der Waals surface area (Å²) in [6.07, 6.45) is 1.95. The van der Waals surface area contributed by atoms with E-state index in [1.165, 1.54) is 24.3 Å². The third-order valence-corrected chi connectivity index (χ3v) is 8.96. The van der Waals surface area contributed by atoms with E-state index in [1.54, 1.807) is 84.7 Å². The van der Waals surface area contributed by atoms with Gasteiger partial charge in [0.25, 0.3) is 0 Å². The average molecular weight is 675 g/mol. The van der Waals surface area contributed by atoms with Crippen molar-refractivity contribution in [1.82, 2.24) is 29.7 Å². The molecule has 6 rings (SSSR count). The number of pyridine rings is 2. The van der Waals surface area contributed by atoms with Crippen molar-refractivity contribution < 1.29 is 26.3 Å². The number of hydrogen-bond acceptors (Lipinski definition) is 4. The molecular weight excluding hydrogens is 642 g/mol. The van der Waals surface area contributed by atoms with Crippen molar-refractivity contribution in [3.63, 3.8) is 0 Å². The van der Waals surface area contributed by atoms with Gasteiger partial charge in [-0.15, -0.1) is 0 Å². The zero-order chi connectivity index (χ0) is 35.1. The van der Waals surface area contributed by atoms with Crippen LogP contribution in [0.25, 0.3) is 45.3 Å². The second-order valence-corrected chi connectivity index (χ2v) is 11.6. The van der Waals surface area contributed by atoms with Crippen LogP contribution in [-0.2, 0) is 5.41 Å². The normalized spacial score (nSPS) is 12.9. The highest BCUT2D eigenvalue weighted by molar-refractivity contribution is 6.08. The largest absolute Gasteiger partial charge is 0.411 e. The Hall–Kier alpha value is -5.52. The fourth-order valence-corrected chi connectivity index (χ4v) is 6.54. The molecule has 6 nitrogen and oxygen atoms in total. The van der Waals surface area contributed by atoms with Gasteiger partial charge in [-0.2, -0.15) is 26.3 Å². The van der Waals surface area contributed by atoms with Gasteiger partial charge in [0.1, 0.15) is 0 Å². The second kappa shape index (κ2) is 12.5. The lowest BCUT2D eigenvalue weighted by Gasteiger charge is -2.38. The molecule has 0 radical (unpaired) electrons. The Morgan fingerprint density at radius 1 is 0.571 bits per heavy atom. The smallest absolute Gasteiger partial charge is 0.394 e.